The number of rotatable bonds is 5. The third-order valence-electron chi connectivity index (χ3n) is 5.37. The van der Waals surface area contributed by atoms with Crippen LogP contribution in [0.1, 0.15) is 56.8 Å². The largest absolute Gasteiger partial charge is 0.444 e. The Balaban J connectivity index is 1.57. The molecule has 1 aliphatic carbocycles. The number of benzene rings is 1. The Morgan fingerprint density at radius 3 is 2.60 bits per heavy atom. The summed E-state index contributed by atoms with van der Waals surface area (Å²) in [6, 6.07) is 7.14. The van der Waals surface area contributed by atoms with E-state index in [1.165, 1.54) is 0 Å². The minimum Gasteiger partial charge on any atom is -0.444 e. The van der Waals surface area contributed by atoms with Crippen molar-refractivity contribution >= 4 is 23.6 Å². The summed E-state index contributed by atoms with van der Waals surface area (Å²) in [7, 11) is 1.74. The molecule has 0 bridgehead atoms. The zero-order chi connectivity index (χ0) is 21.9. The second-order valence-corrected chi connectivity index (χ2v) is 9.46. The molecule has 1 aromatic carbocycles. The van der Waals surface area contributed by atoms with E-state index in [1.807, 2.05) is 31.7 Å². The first-order valence-electron chi connectivity index (χ1n) is 10.8. The van der Waals surface area contributed by atoms with Crippen molar-refractivity contribution in [1.82, 2.24) is 9.80 Å². The van der Waals surface area contributed by atoms with Crippen molar-refractivity contribution in [2.45, 2.75) is 52.1 Å². The number of hydrogen-bond acceptors (Lipinski definition) is 4. The maximum Gasteiger partial charge on any atom is 0.410 e. The second-order valence-electron chi connectivity index (χ2n) is 9.46. The van der Waals surface area contributed by atoms with Gasteiger partial charge in [0.2, 0.25) is 5.91 Å². The van der Waals surface area contributed by atoms with E-state index in [0.29, 0.717) is 30.9 Å². The van der Waals surface area contributed by atoms with Crippen LogP contribution >= 0.6 is 0 Å². The molecule has 1 aromatic rings. The third kappa shape index (κ3) is 6.21. The molecule has 3 amide bonds. The summed E-state index contributed by atoms with van der Waals surface area (Å²) in [4.78, 5) is 40.7. The summed E-state index contributed by atoms with van der Waals surface area (Å²) in [6.07, 6.45) is 3.41. The summed E-state index contributed by atoms with van der Waals surface area (Å²) in [5, 5.41) is 2.90. The molecule has 0 radical (unpaired) electrons. The van der Waals surface area contributed by atoms with Gasteiger partial charge in [0.15, 0.2) is 0 Å². The number of likely N-dealkylation sites (tertiary alicyclic amines) is 1. The van der Waals surface area contributed by atoms with Gasteiger partial charge < -0.3 is 19.9 Å². The molecule has 0 aromatic heterocycles. The lowest BCUT2D eigenvalue weighted by molar-refractivity contribution is -0.117. The van der Waals surface area contributed by atoms with Gasteiger partial charge in [-0.2, -0.15) is 0 Å². The van der Waals surface area contributed by atoms with E-state index < -0.39 is 5.60 Å². The fourth-order valence-electron chi connectivity index (χ4n) is 3.70. The van der Waals surface area contributed by atoms with Crippen LogP contribution in [0.15, 0.2) is 24.3 Å². The van der Waals surface area contributed by atoms with Crippen molar-refractivity contribution in [3.05, 3.63) is 29.8 Å². The molecule has 164 valence electrons. The lowest BCUT2D eigenvalue weighted by atomic mass is 9.97. The normalized spacial score (nSPS) is 19.2. The van der Waals surface area contributed by atoms with Crippen LogP contribution in [-0.4, -0.2) is 60.0 Å². The van der Waals surface area contributed by atoms with E-state index in [9.17, 15) is 14.4 Å². The lowest BCUT2D eigenvalue weighted by Crippen LogP contribution is -2.45. The first-order valence-corrected chi connectivity index (χ1v) is 10.8. The SMILES string of the molecule is CN(CC1CCCN(C(=O)c2cccc(NC(=O)C3CC3)c2)C1)C(=O)OC(C)(C)C. The number of anilines is 1. The Morgan fingerprint density at radius 1 is 1.20 bits per heavy atom. The van der Waals surface area contributed by atoms with Crippen molar-refractivity contribution in [1.29, 1.82) is 0 Å². The molecule has 7 nitrogen and oxygen atoms in total. The molecule has 1 heterocycles. The number of carbonyl (C=O) groups excluding carboxylic acids is 3. The highest BCUT2D eigenvalue weighted by Crippen LogP contribution is 2.30. The molecule has 1 saturated carbocycles. The molecular weight excluding hydrogens is 382 g/mol. The van der Waals surface area contributed by atoms with Crippen LogP contribution < -0.4 is 5.32 Å². The third-order valence-corrected chi connectivity index (χ3v) is 5.37. The number of hydrogen-bond donors (Lipinski definition) is 1. The van der Waals surface area contributed by atoms with Gasteiger partial charge >= 0.3 is 6.09 Å². The van der Waals surface area contributed by atoms with Crippen molar-refractivity contribution in [2.24, 2.45) is 11.8 Å². The maximum absolute atomic E-state index is 13.0. The zero-order valence-corrected chi connectivity index (χ0v) is 18.4. The molecule has 1 N–H and O–H groups in total. The van der Waals surface area contributed by atoms with Gasteiger partial charge in [0.25, 0.3) is 5.91 Å². The standard InChI is InChI=1S/C23H33N3O4/c1-23(2,3)30-22(29)25(4)14-16-7-6-12-26(15-16)21(28)18-8-5-9-19(13-18)24-20(27)17-10-11-17/h5,8-9,13,16-17H,6-7,10-12,14-15H2,1-4H3,(H,24,27). The molecule has 2 aliphatic rings. The molecule has 1 aliphatic heterocycles. The van der Waals surface area contributed by atoms with E-state index in [-0.39, 0.29) is 29.7 Å². The van der Waals surface area contributed by atoms with Crippen LogP contribution in [-0.2, 0) is 9.53 Å². The molecule has 2 fully saturated rings. The first kappa shape index (κ1) is 22.1. The molecule has 1 atom stereocenters. The Bertz CT molecular complexity index is 798. The van der Waals surface area contributed by atoms with Crippen molar-refractivity contribution in [3.8, 4) is 0 Å². The van der Waals surface area contributed by atoms with E-state index in [4.69, 9.17) is 4.74 Å². The fourth-order valence-corrected chi connectivity index (χ4v) is 3.70. The Kier molecular flexibility index (Phi) is 6.68. The molecular formula is C23H33N3O4. The van der Waals surface area contributed by atoms with Crippen LogP contribution in [0, 0.1) is 11.8 Å². The van der Waals surface area contributed by atoms with Gasteiger partial charge in [-0.1, -0.05) is 6.07 Å². The van der Waals surface area contributed by atoms with E-state index in [1.54, 1.807) is 30.1 Å². The Labute approximate surface area is 178 Å². The predicted octanol–water partition coefficient (Wildman–Crippen LogP) is 3.75. The van der Waals surface area contributed by atoms with Crippen molar-refractivity contribution in [2.75, 3.05) is 32.0 Å². The van der Waals surface area contributed by atoms with Gasteiger partial charge in [-0.25, -0.2) is 4.79 Å². The predicted molar refractivity (Wildman–Crippen MR) is 115 cm³/mol. The van der Waals surface area contributed by atoms with Crippen molar-refractivity contribution in [3.63, 3.8) is 0 Å². The number of nitrogens with one attached hydrogen (secondary N) is 1. The average Bonchev–Trinajstić information content (AvgIpc) is 3.52. The van der Waals surface area contributed by atoms with E-state index in [2.05, 4.69) is 5.32 Å². The Morgan fingerprint density at radius 2 is 1.93 bits per heavy atom. The smallest absolute Gasteiger partial charge is 0.410 e. The van der Waals surface area contributed by atoms with Crippen molar-refractivity contribution < 1.29 is 19.1 Å². The van der Waals surface area contributed by atoms with Gasteiger partial charge in [-0.3, -0.25) is 9.59 Å². The monoisotopic (exact) mass is 415 g/mol. The first-order chi connectivity index (χ1) is 14.1. The molecule has 0 spiro atoms. The zero-order valence-electron chi connectivity index (χ0n) is 18.4. The number of nitrogens with zero attached hydrogens (tertiary/aromatic N) is 2. The van der Waals surface area contributed by atoms with E-state index >= 15 is 0 Å². The highest BCUT2D eigenvalue weighted by molar-refractivity contribution is 5.98. The highest BCUT2D eigenvalue weighted by Gasteiger charge is 2.30. The molecule has 7 heteroatoms. The second kappa shape index (κ2) is 9.06. The highest BCUT2D eigenvalue weighted by atomic mass is 16.6. The molecule has 3 rings (SSSR count). The fraction of sp³-hybridized carbons (Fsp3) is 0.609. The summed E-state index contributed by atoms with van der Waals surface area (Å²) >= 11 is 0. The number of amides is 3. The maximum atomic E-state index is 13.0. The molecule has 1 unspecified atom stereocenters. The van der Waals surface area contributed by atoms with Crippen LogP contribution in [0.25, 0.3) is 0 Å². The minimum absolute atomic E-state index is 0.0304. The van der Waals surface area contributed by atoms with Crippen LogP contribution in [0.4, 0.5) is 10.5 Å². The summed E-state index contributed by atoms with van der Waals surface area (Å²) in [6.45, 7) is 7.40. The number of ether oxygens (including phenoxy) is 1. The van der Waals surface area contributed by atoms with Gasteiger partial charge in [-0.15, -0.1) is 0 Å². The molecule has 30 heavy (non-hydrogen) atoms. The Hall–Kier alpha value is -2.57. The molecule has 1 saturated heterocycles. The van der Waals surface area contributed by atoms with Crippen LogP contribution in [0.2, 0.25) is 0 Å². The van der Waals surface area contributed by atoms with Gasteiger partial charge in [-0.05, 0) is 70.6 Å². The van der Waals surface area contributed by atoms with Gasteiger partial charge in [0.05, 0.1) is 0 Å². The van der Waals surface area contributed by atoms with Crippen LogP contribution in [0.5, 0.6) is 0 Å². The number of piperidine rings is 1. The summed E-state index contributed by atoms with van der Waals surface area (Å²) in [5.74, 6) is 0.317. The summed E-state index contributed by atoms with van der Waals surface area (Å²) in [5.41, 5.74) is 0.709. The topological polar surface area (TPSA) is 79.0 Å². The lowest BCUT2D eigenvalue weighted by Gasteiger charge is -2.35. The summed E-state index contributed by atoms with van der Waals surface area (Å²) < 4.78 is 5.42. The average molecular weight is 416 g/mol. The van der Waals surface area contributed by atoms with Crippen LogP contribution in [0.3, 0.4) is 0 Å². The quantitative estimate of drug-likeness (QED) is 0.794. The van der Waals surface area contributed by atoms with E-state index in [0.717, 1.165) is 25.7 Å². The van der Waals surface area contributed by atoms with Gasteiger partial charge in [0.1, 0.15) is 5.60 Å². The number of carbonyl (C=O) groups is 3. The minimum atomic E-state index is -0.528. The van der Waals surface area contributed by atoms with Gasteiger partial charge in [0, 0.05) is 43.9 Å².